The number of halogens is 1. The normalized spacial score (nSPS) is 11.7. The van der Waals surface area contributed by atoms with Crippen molar-refractivity contribution in [1.29, 1.82) is 0 Å². The van der Waals surface area contributed by atoms with Crippen molar-refractivity contribution in [3.8, 4) is 0 Å². The van der Waals surface area contributed by atoms with E-state index >= 15 is 0 Å². The van der Waals surface area contributed by atoms with Gasteiger partial charge in [-0.05, 0) is 67.0 Å². The van der Waals surface area contributed by atoms with Crippen LogP contribution in [0.25, 0.3) is 5.57 Å². The van der Waals surface area contributed by atoms with Gasteiger partial charge in [-0.15, -0.1) is 0 Å². The molecule has 0 radical (unpaired) electrons. The molecule has 118 valence electrons. The number of anilines is 2. The van der Waals surface area contributed by atoms with E-state index in [1.807, 2.05) is 24.8 Å². The fraction of sp³-hybridized carbons (Fsp3) is 0.150. The number of benzene rings is 2. The molecule has 0 unspecified atom stereocenters. The Hall–Kier alpha value is -2.68. The third-order valence-corrected chi connectivity index (χ3v) is 3.68. The maximum atomic E-state index is 13.2. The van der Waals surface area contributed by atoms with Crippen LogP contribution < -0.4 is 4.90 Å². The lowest BCUT2D eigenvalue weighted by atomic mass is 10.0. The molecule has 0 aromatic heterocycles. The van der Waals surface area contributed by atoms with E-state index < -0.39 is 0 Å². The Morgan fingerprint density at radius 3 is 2.48 bits per heavy atom. The van der Waals surface area contributed by atoms with E-state index in [-0.39, 0.29) is 5.82 Å². The Labute approximate surface area is 137 Å². The van der Waals surface area contributed by atoms with Crippen LogP contribution in [0.3, 0.4) is 0 Å². The summed E-state index contributed by atoms with van der Waals surface area (Å²) in [5.41, 5.74) is 5.25. The van der Waals surface area contributed by atoms with Gasteiger partial charge in [-0.1, -0.05) is 18.7 Å². The van der Waals surface area contributed by atoms with Crippen LogP contribution in [0.2, 0.25) is 0 Å². The van der Waals surface area contributed by atoms with Gasteiger partial charge in [0.25, 0.3) is 0 Å². The number of aryl methyl sites for hydroxylation is 1. The average molecular weight is 308 g/mol. The topological polar surface area (TPSA) is 15.6 Å². The second kappa shape index (κ2) is 7.54. The van der Waals surface area contributed by atoms with Gasteiger partial charge >= 0.3 is 0 Å². The Morgan fingerprint density at radius 1 is 1.17 bits per heavy atom. The van der Waals surface area contributed by atoms with Crippen LogP contribution in [0.15, 0.2) is 66.3 Å². The number of allylic oxidation sites excluding steroid dienone is 2. The van der Waals surface area contributed by atoms with Gasteiger partial charge < -0.3 is 4.90 Å². The zero-order valence-corrected chi connectivity index (χ0v) is 13.8. The summed E-state index contributed by atoms with van der Waals surface area (Å²) >= 11 is 0. The molecule has 0 fully saturated rings. The highest BCUT2D eigenvalue weighted by atomic mass is 19.1. The molecule has 23 heavy (non-hydrogen) atoms. The van der Waals surface area contributed by atoms with Gasteiger partial charge in [0.05, 0.1) is 0 Å². The molecule has 0 heterocycles. The van der Waals surface area contributed by atoms with Gasteiger partial charge in [0, 0.05) is 30.8 Å². The minimum absolute atomic E-state index is 0.249. The molecule has 0 atom stereocenters. The predicted octanol–water partition coefficient (Wildman–Crippen LogP) is 5.52. The number of rotatable bonds is 5. The first-order valence-corrected chi connectivity index (χ1v) is 7.44. The molecule has 0 amide bonds. The van der Waals surface area contributed by atoms with Gasteiger partial charge in [-0.25, -0.2) is 4.39 Å². The summed E-state index contributed by atoms with van der Waals surface area (Å²) in [5.74, 6) is -0.249. The fourth-order valence-corrected chi connectivity index (χ4v) is 2.34. The molecule has 0 N–H and O–H groups in total. The molecule has 3 heteroatoms. The Kier molecular flexibility index (Phi) is 5.47. The van der Waals surface area contributed by atoms with E-state index in [1.165, 1.54) is 12.1 Å². The Balaban J connectivity index is 2.47. The van der Waals surface area contributed by atoms with Gasteiger partial charge in [-0.2, -0.15) is 0 Å². The van der Waals surface area contributed by atoms with Crippen LogP contribution in [0.5, 0.6) is 0 Å². The number of nitrogens with zero attached hydrogens (tertiary/aromatic N) is 2. The van der Waals surface area contributed by atoms with Crippen LogP contribution in [-0.2, 0) is 0 Å². The average Bonchev–Trinajstić information content (AvgIpc) is 2.56. The second-order valence-corrected chi connectivity index (χ2v) is 5.29. The Morgan fingerprint density at radius 2 is 1.87 bits per heavy atom. The van der Waals surface area contributed by atoms with Gasteiger partial charge in [-0.3, -0.25) is 4.99 Å². The first-order valence-electron chi connectivity index (χ1n) is 7.44. The van der Waals surface area contributed by atoms with Gasteiger partial charge in [0.1, 0.15) is 5.82 Å². The number of aliphatic imine (C=N–C) groups is 1. The first-order chi connectivity index (χ1) is 11.1. The van der Waals surface area contributed by atoms with Crippen molar-refractivity contribution < 1.29 is 4.39 Å². The summed E-state index contributed by atoms with van der Waals surface area (Å²) in [6.07, 6.45) is 5.50. The molecule has 0 saturated heterocycles. The number of hydrogen-bond acceptors (Lipinski definition) is 2. The second-order valence-electron chi connectivity index (χ2n) is 5.29. The zero-order chi connectivity index (χ0) is 16.8. The molecule has 0 bridgehead atoms. The summed E-state index contributed by atoms with van der Waals surface area (Å²) < 4.78 is 13.2. The van der Waals surface area contributed by atoms with Crippen LogP contribution in [0.1, 0.15) is 18.1 Å². The zero-order valence-electron chi connectivity index (χ0n) is 13.8. The highest BCUT2D eigenvalue weighted by Gasteiger charge is 2.10. The fourth-order valence-electron chi connectivity index (χ4n) is 2.34. The molecule has 2 aromatic carbocycles. The standard InChI is InChI=1S/C20H21FN2/c1-5-23(19-10-8-18(21)9-11-19)20-14-17(7-6-16(20)3)15(2)12-13-22-4/h5-14H,1H2,2-4H3/b15-12+,22-13?. The highest BCUT2D eigenvalue weighted by Crippen LogP contribution is 2.31. The summed E-state index contributed by atoms with van der Waals surface area (Å²) in [6.45, 7) is 7.99. The lowest BCUT2D eigenvalue weighted by Crippen LogP contribution is -2.09. The van der Waals surface area contributed by atoms with Crippen LogP contribution >= 0.6 is 0 Å². The molecule has 2 rings (SSSR count). The van der Waals surface area contributed by atoms with Crippen LogP contribution in [0, 0.1) is 12.7 Å². The third-order valence-electron chi connectivity index (χ3n) is 3.68. The van der Waals surface area contributed by atoms with Gasteiger partial charge in [0.2, 0.25) is 0 Å². The lowest BCUT2D eigenvalue weighted by molar-refractivity contribution is 0.628. The molecule has 2 aromatic rings. The van der Waals surface area contributed by atoms with Crippen molar-refractivity contribution in [2.45, 2.75) is 13.8 Å². The van der Waals surface area contributed by atoms with E-state index in [2.05, 4.69) is 29.8 Å². The molecule has 0 spiro atoms. The van der Waals surface area contributed by atoms with Gasteiger partial charge in [0.15, 0.2) is 0 Å². The van der Waals surface area contributed by atoms with Crippen molar-refractivity contribution >= 4 is 23.2 Å². The molecule has 0 aliphatic rings. The van der Waals surface area contributed by atoms with Crippen molar-refractivity contribution in [2.24, 2.45) is 4.99 Å². The van der Waals surface area contributed by atoms with E-state index in [0.29, 0.717) is 0 Å². The molecule has 0 aliphatic carbocycles. The van der Waals surface area contributed by atoms with Crippen LogP contribution in [0.4, 0.5) is 15.8 Å². The largest absolute Gasteiger partial charge is 0.317 e. The predicted molar refractivity (Wildman–Crippen MR) is 98.0 cm³/mol. The van der Waals surface area contributed by atoms with Crippen molar-refractivity contribution in [1.82, 2.24) is 0 Å². The lowest BCUT2D eigenvalue weighted by Gasteiger charge is -2.23. The van der Waals surface area contributed by atoms with E-state index in [4.69, 9.17) is 0 Å². The quantitative estimate of drug-likeness (QED) is 0.664. The smallest absolute Gasteiger partial charge is 0.123 e. The minimum atomic E-state index is -0.249. The van der Waals surface area contributed by atoms with E-state index in [9.17, 15) is 4.39 Å². The monoisotopic (exact) mass is 308 g/mol. The maximum absolute atomic E-state index is 13.2. The molecule has 2 nitrogen and oxygen atoms in total. The summed E-state index contributed by atoms with van der Waals surface area (Å²) in [6, 6.07) is 12.7. The molecular weight excluding hydrogens is 287 g/mol. The summed E-state index contributed by atoms with van der Waals surface area (Å²) in [7, 11) is 1.75. The maximum Gasteiger partial charge on any atom is 0.123 e. The van der Waals surface area contributed by atoms with E-state index in [0.717, 1.165) is 28.1 Å². The highest BCUT2D eigenvalue weighted by molar-refractivity contribution is 5.85. The molecule has 0 saturated carbocycles. The summed E-state index contributed by atoms with van der Waals surface area (Å²) in [4.78, 5) is 5.94. The molecular formula is C20H21FN2. The van der Waals surface area contributed by atoms with Crippen molar-refractivity contribution in [3.63, 3.8) is 0 Å². The summed E-state index contributed by atoms with van der Waals surface area (Å²) in [5, 5.41) is 0. The van der Waals surface area contributed by atoms with Crippen molar-refractivity contribution in [2.75, 3.05) is 11.9 Å². The Bertz CT molecular complexity index is 743. The SMILES string of the molecule is C=CN(c1ccc(F)cc1)c1cc(/C(C)=C/C=NC)ccc1C. The van der Waals surface area contributed by atoms with Crippen LogP contribution in [-0.4, -0.2) is 13.3 Å². The third kappa shape index (κ3) is 3.95. The minimum Gasteiger partial charge on any atom is -0.317 e. The first kappa shape index (κ1) is 16.7. The van der Waals surface area contributed by atoms with E-state index in [1.54, 1.807) is 31.6 Å². The van der Waals surface area contributed by atoms with Crippen molar-refractivity contribution in [3.05, 3.63) is 78.3 Å². The molecule has 0 aliphatic heterocycles. The number of hydrogen-bond donors (Lipinski definition) is 0.